The number of piperidine rings is 1. The van der Waals surface area contributed by atoms with Crippen molar-refractivity contribution in [3.63, 3.8) is 0 Å². The lowest BCUT2D eigenvalue weighted by molar-refractivity contribution is -0.0945. The lowest BCUT2D eigenvalue weighted by atomic mass is 9.96. The van der Waals surface area contributed by atoms with Crippen LogP contribution in [0.2, 0.25) is 0 Å². The van der Waals surface area contributed by atoms with Crippen LogP contribution in [0.25, 0.3) is 0 Å². The Bertz CT molecular complexity index is 125. The fraction of sp³-hybridized carbons (Fsp3) is 1.00. The van der Waals surface area contributed by atoms with Crippen LogP contribution in [-0.4, -0.2) is 31.0 Å². The third-order valence-electron chi connectivity index (χ3n) is 2.13. The normalized spacial score (nSPS) is 34.2. The van der Waals surface area contributed by atoms with Crippen LogP contribution in [0.3, 0.4) is 0 Å². The number of likely N-dealkylation sites (tertiary alicyclic amines) is 1. The molecule has 3 heteroatoms. The smallest absolute Gasteiger partial charge is 0.253 e. The van der Waals surface area contributed by atoms with Crippen molar-refractivity contribution in [2.75, 3.05) is 20.1 Å². The lowest BCUT2D eigenvalue weighted by Gasteiger charge is -2.34. The van der Waals surface area contributed by atoms with Crippen molar-refractivity contribution in [1.82, 2.24) is 4.90 Å². The molecule has 0 amide bonds. The zero-order valence-corrected chi connectivity index (χ0v) is 6.40. The van der Waals surface area contributed by atoms with Gasteiger partial charge in [-0.1, -0.05) is 6.92 Å². The van der Waals surface area contributed by atoms with E-state index < -0.39 is 11.8 Å². The third kappa shape index (κ3) is 1.45. The van der Waals surface area contributed by atoms with Gasteiger partial charge >= 0.3 is 0 Å². The molecule has 0 aromatic carbocycles. The molecule has 0 aromatic heterocycles. The van der Waals surface area contributed by atoms with Crippen LogP contribution in [0.15, 0.2) is 0 Å². The molecule has 0 aromatic rings. The fourth-order valence-corrected chi connectivity index (χ4v) is 1.28. The van der Waals surface area contributed by atoms with E-state index in [4.69, 9.17) is 0 Å². The number of hydrogen-bond acceptors (Lipinski definition) is 1. The Morgan fingerprint density at radius 2 is 2.10 bits per heavy atom. The van der Waals surface area contributed by atoms with Crippen LogP contribution in [0.1, 0.15) is 13.3 Å². The summed E-state index contributed by atoms with van der Waals surface area (Å²) in [5, 5.41) is 0. The largest absolute Gasteiger partial charge is 0.306 e. The number of nitrogens with zero attached hydrogens (tertiary/aromatic N) is 1. The lowest BCUT2D eigenvalue weighted by Crippen LogP contribution is -2.43. The van der Waals surface area contributed by atoms with E-state index in [1.54, 1.807) is 6.92 Å². The Morgan fingerprint density at radius 3 is 2.50 bits per heavy atom. The Labute approximate surface area is 60.0 Å². The highest BCUT2D eigenvalue weighted by Gasteiger charge is 2.39. The van der Waals surface area contributed by atoms with E-state index in [9.17, 15) is 8.78 Å². The summed E-state index contributed by atoms with van der Waals surface area (Å²) in [5.41, 5.74) is 0. The van der Waals surface area contributed by atoms with Gasteiger partial charge in [-0.2, -0.15) is 0 Å². The summed E-state index contributed by atoms with van der Waals surface area (Å²) < 4.78 is 25.5. The molecule has 0 N–H and O–H groups in total. The molecule has 1 saturated heterocycles. The van der Waals surface area contributed by atoms with Crippen molar-refractivity contribution in [3.8, 4) is 0 Å². The van der Waals surface area contributed by atoms with Crippen LogP contribution in [0, 0.1) is 5.92 Å². The number of hydrogen-bond donors (Lipinski definition) is 0. The Morgan fingerprint density at radius 1 is 1.50 bits per heavy atom. The zero-order valence-electron chi connectivity index (χ0n) is 6.40. The summed E-state index contributed by atoms with van der Waals surface area (Å²) in [4.78, 5) is 1.95. The molecule has 1 aliphatic rings. The predicted octanol–water partition coefficient (Wildman–Crippen LogP) is 1.59. The van der Waals surface area contributed by atoms with Crippen molar-refractivity contribution in [2.45, 2.75) is 19.3 Å². The molecule has 1 nitrogen and oxygen atoms in total. The van der Waals surface area contributed by atoms with Crippen LogP contribution in [0.5, 0.6) is 0 Å². The highest BCUT2D eigenvalue weighted by molar-refractivity contribution is 4.81. The van der Waals surface area contributed by atoms with Gasteiger partial charge in [-0.25, -0.2) is 8.78 Å². The summed E-state index contributed by atoms with van der Waals surface area (Å²) in [6, 6.07) is 0. The summed E-state index contributed by atoms with van der Waals surface area (Å²) in [5.74, 6) is -2.90. The summed E-state index contributed by atoms with van der Waals surface area (Å²) in [6.07, 6.45) is 0.0185. The molecular formula is C7H13F2N. The molecule has 1 rings (SSSR count). The highest BCUT2D eigenvalue weighted by atomic mass is 19.3. The Kier molecular flexibility index (Phi) is 1.95. The molecule has 60 valence electrons. The fourth-order valence-electron chi connectivity index (χ4n) is 1.28. The van der Waals surface area contributed by atoms with E-state index in [0.29, 0.717) is 13.1 Å². The van der Waals surface area contributed by atoms with E-state index in [1.165, 1.54) is 0 Å². The Hall–Kier alpha value is -0.180. The first-order valence-corrected chi connectivity index (χ1v) is 3.59. The molecule has 0 unspecified atom stereocenters. The summed E-state index contributed by atoms with van der Waals surface area (Å²) >= 11 is 0. The van der Waals surface area contributed by atoms with Gasteiger partial charge in [0.15, 0.2) is 0 Å². The first-order chi connectivity index (χ1) is 4.52. The van der Waals surface area contributed by atoms with E-state index in [-0.39, 0.29) is 6.42 Å². The molecule has 1 aliphatic heterocycles. The highest BCUT2D eigenvalue weighted by Crippen LogP contribution is 2.32. The number of alkyl halides is 2. The van der Waals surface area contributed by atoms with Gasteiger partial charge in [-0.15, -0.1) is 0 Å². The maximum atomic E-state index is 12.7. The van der Waals surface area contributed by atoms with Gasteiger partial charge in [0, 0.05) is 25.4 Å². The first-order valence-electron chi connectivity index (χ1n) is 3.59. The molecule has 0 bridgehead atoms. The van der Waals surface area contributed by atoms with Crippen LogP contribution >= 0.6 is 0 Å². The van der Waals surface area contributed by atoms with Gasteiger partial charge in [0.1, 0.15) is 0 Å². The second kappa shape index (κ2) is 2.46. The Balaban J connectivity index is 2.52. The molecule has 1 atom stereocenters. The van der Waals surface area contributed by atoms with Crippen LogP contribution in [0.4, 0.5) is 8.78 Å². The third-order valence-corrected chi connectivity index (χ3v) is 2.13. The van der Waals surface area contributed by atoms with Crippen molar-refractivity contribution < 1.29 is 8.78 Å². The standard InChI is InChI=1S/C7H13F2N/c1-6-5-10(2)4-3-7(6,8)9/h6H,3-5H2,1-2H3/t6-/m0/s1. The molecule has 1 heterocycles. The second-order valence-corrected chi connectivity index (χ2v) is 3.17. The minimum absolute atomic E-state index is 0.0185. The van der Waals surface area contributed by atoms with Crippen LogP contribution in [-0.2, 0) is 0 Å². The SMILES string of the molecule is C[C@H]1CN(C)CCC1(F)F. The molecule has 1 fully saturated rings. The van der Waals surface area contributed by atoms with E-state index in [1.807, 2.05) is 11.9 Å². The van der Waals surface area contributed by atoms with Gasteiger partial charge < -0.3 is 4.90 Å². The topological polar surface area (TPSA) is 3.24 Å². The van der Waals surface area contributed by atoms with Crippen molar-refractivity contribution in [1.29, 1.82) is 0 Å². The van der Waals surface area contributed by atoms with Gasteiger partial charge in [-0.3, -0.25) is 0 Å². The van der Waals surface area contributed by atoms with Gasteiger partial charge in [0.25, 0.3) is 5.92 Å². The molecule has 0 radical (unpaired) electrons. The van der Waals surface area contributed by atoms with Crippen molar-refractivity contribution >= 4 is 0 Å². The van der Waals surface area contributed by atoms with Crippen molar-refractivity contribution in [3.05, 3.63) is 0 Å². The number of rotatable bonds is 0. The second-order valence-electron chi connectivity index (χ2n) is 3.17. The zero-order chi connectivity index (χ0) is 7.78. The van der Waals surface area contributed by atoms with E-state index in [0.717, 1.165) is 0 Å². The van der Waals surface area contributed by atoms with Gasteiger partial charge in [0.2, 0.25) is 0 Å². The average Bonchev–Trinajstić information content (AvgIpc) is 1.81. The van der Waals surface area contributed by atoms with Gasteiger partial charge in [-0.05, 0) is 7.05 Å². The van der Waals surface area contributed by atoms with E-state index >= 15 is 0 Å². The van der Waals surface area contributed by atoms with Crippen molar-refractivity contribution in [2.24, 2.45) is 5.92 Å². The number of halogens is 2. The molecule has 0 saturated carbocycles. The maximum Gasteiger partial charge on any atom is 0.253 e. The molecule has 10 heavy (non-hydrogen) atoms. The van der Waals surface area contributed by atoms with Crippen LogP contribution < -0.4 is 0 Å². The first kappa shape index (κ1) is 7.92. The maximum absolute atomic E-state index is 12.7. The molecule has 0 aliphatic carbocycles. The predicted molar refractivity (Wildman–Crippen MR) is 36.2 cm³/mol. The van der Waals surface area contributed by atoms with E-state index in [2.05, 4.69) is 0 Å². The monoisotopic (exact) mass is 149 g/mol. The summed E-state index contributed by atoms with van der Waals surface area (Å²) in [6.45, 7) is 2.65. The minimum Gasteiger partial charge on any atom is -0.306 e. The van der Waals surface area contributed by atoms with Gasteiger partial charge in [0.05, 0.1) is 0 Å². The molecular weight excluding hydrogens is 136 g/mol. The quantitative estimate of drug-likeness (QED) is 0.505. The average molecular weight is 149 g/mol. The summed E-state index contributed by atoms with van der Waals surface area (Å²) in [7, 11) is 1.88. The molecule has 0 spiro atoms. The minimum atomic E-state index is -2.42.